The molecule has 1 aliphatic rings. The fourth-order valence-corrected chi connectivity index (χ4v) is 3.15. The Balaban J connectivity index is 1.60. The first-order chi connectivity index (χ1) is 12.2. The minimum Gasteiger partial charge on any atom is -0.497 e. The smallest absolute Gasteiger partial charge is 0.287 e. The first-order valence-electron chi connectivity index (χ1n) is 8.80. The van der Waals surface area contributed by atoms with E-state index in [-0.39, 0.29) is 17.1 Å². The van der Waals surface area contributed by atoms with E-state index in [9.17, 15) is 9.59 Å². The summed E-state index contributed by atoms with van der Waals surface area (Å²) in [5, 5.41) is 3.26. The van der Waals surface area contributed by atoms with Gasteiger partial charge in [0.25, 0.3) is 5.91 Å². The molecule has 0 unspecified atom stereocenters. The molecule has 1 aromatic carbocycles. The van der Waals surface area contributed by atoms with E-state index in [0.717, 1.165) is 26.1 Å². The number of hydrogen-bond acceptors (Lipinski definition) is 5. The van der Waals surface area contributed by atoms with Crippen molar-refractivity contribution in [1.82, 2.24) is 10.2 Å². The molecule has 2 aromatic rings. The van der Waals surface area contributed by atoms with Crippen molar-refractivity contribution in [1.29, 1.82) is 0 Å². The van der Waals surface area contributed by atoms with Gasteiger partial charge in [0, 0.05) is 18.7 Å². The van der Waals surface area contributed by atoms with Crippen LogP contribution in [0, 0.1) is 0 Å². The number of rotatable bonds is 6. The van der Waals surface area contributed by atoms with E-state index in [1.54, 1.807) is 18.2 Å². The third-order valence-electron chi connectivity index (χ3n) is 4.55. The number of amides is 1. The lowest BCUT2D eigenvalue weighted by Gasteiger charge is -2.26. The molecule has 0 aliphatic carbocycles. The maximum Gasteiger partial charge on any atom is 0.287 e. The van der Waals surface area contributed by atoms with Crippen molar-refractivity contribution < 1.29 is 13.9 Å². The van der Waals surface area contributed by atoms with Gasteiger partial charge < -0.3 is 19.4 Å². The average molecular weight is 344 g/mol. The van der Waals surface area contributed by atoms with Gasteiger partial charge in [-0.2, -0.15) is 0 Å². The molecule has 6 nitrogen and oxygen atoms in total. The van der Waals surface area contributed by atoms with E-state index in [1.165, 1.54) is 32.4 Å². The van der Waals surface area contributed by atoms with Crippen LogP contribution in [0.5, 0.6) is 5.75 Å². The van der Waals surface area contributed by atoms with Crippen LogP contribution in [0.2, 0.25) is 0 Å². The number of ether oxygens (including phenoxy) is 1. The fourth-order valence-electron chi connectivity index (χ4n) is 3.15. The van der Waals surface area contributed by atoms with E-state index < -0.39 is 0 Å². The highest BCUT2D eigenvalue weighted by atomic mass is 16.5. The predicted molar refractivity (Wildman–Crippen MR) is 96.3 cm³/mol. The molecule has 25 heavy (non-hydrogen) atoms. The second-order valence-electron chi connectivity index (χ2n) is 6.35. The number of carbonyl (C=O) groups excluding carboxylic acids is 1. The van der Waals surface area contributed by atoms with Gasteiger partial charge in [-0.05, 0) is 51.0 Å². The lowest BCUT2D eigenvalue weighted by Crippen LogP contribution is -2.33. The summed E-state index contributed by atoms with van der Waals surface area (Å²) in [6.07, 6.45) is 4.73. The standard InChI is InChI=1S/C19H24N2O4/c1-24-14-6-7-15-16(22)13-18(25-17(15)12-14)19(23)20-8-5-11-21-9-3-2-4-10-21/h6-7,12-13H,2-5,8-11H2,1H3,(H,20,23). The highest BCUT2D eigenvalue weighted by Crippen LogP contribution is 2.19. The summed E-state index contributed by atoms with van der Waals surface area (Å²) >= 11 is 0. The SMILES string of the molecule is COc1ccc2c(=O)cc(C(=O)NCCCN3CCCCC3)oc2c1. The summed E-state index contributed by atoms with van der Waals surface area (Å²) in [6.45, 7) is 3.85. The Morgan fingerprint density at radius 2 is 2.04 bits per heavy atom. The van der Waals surface area contributed by atoms with Crippen molar-refractivity contribution in [2.75, 3.05) is 33.3 Å². The molecule has 1 aromatic heterocycles. The number of fused-ring (bicyclic) bond motifs is 1. The number of hydrogen-bond donors (Lipinski definition) is 1. The van der Waals surface area contributed by atoms with Crippen molar-refractivity contribution in [3.05, 3.63) is 40.2 Å². The zero-order chi connectivity index (χ0) is 17.6. The Morgan fingerprint density at radius 3 is 2.80 bits per heavy atom. The molecule has 0 bridgehead atoms. The Hall–Kier alpha value is -2.34. The molecular weight excluding hydrogens is 320 g/mol. The number of piperidine rings is 1. The van der Waals surface area contributed by atoms with Gasteiger partial charge in [0.2, 0.25) is 0 Å². The van der Waals surface area contributed by atoms with Crippen LogP contribution in [0.3, 0.4) is 0 Å². The van der Waals surface area contributed by atoms with E-state index in [1.807, 2.05) is 0 Å². The number of methoxy groups -OCH3 is 1. The molecule has 6 heteroatoms. The van der Waals surface area contributed by atoms with Crippen LogP contribution in [-0.2, 0) is 0 Å². The second-order valence-corrected chi connectivity index (χ2v) is 6.35. The van der Waals surface area contributed by atoms with Crippen molar-refractivity contribution >= 4 is 16.9 Å². The van der Waals surface area contributed by atoms with Crippen LogP contribution in [-0.4, -0.2) is 44.1 Å². The van der Waals surface area contributed by atoms with Gasteiger partial charge in [0.05, 0.1) is 12.5 Å². The molecule has 0 atom stereocenters. The van der Waals surface area contributed by atoms with Crippen molar-refractivity contribution in [2.24, 2.45) is 0 Å². The lowest BCUT2D eigenvalue weighted by molar-refractivity contribution is 0.0924. The van der Waals surface area contributed by atoms with E-state index >= 15 is 0 Å². The molecule has 1 fully saturated rings. The van der Waals surface area contributed by atoms with Crippen LogP contribution < -0.4 is 15.5 Å². The molecule has 1 saturated heterocycles. The van der Waals surface area contributed by atoms with Crippen LogP contribution in [0.15, 0.2) is 33.5 Å². The Labute approximate surface area is 146 Å². The zero-order valence-corrected chi connectivity index (χ0v) is 14.5. The first-order valence-corrected chi connectivity index (χ1v) is 8.80. The third kappa shape index (κ3) is 4.39. The number of nitrogens with zero attached hydrogens (tertiary/aromatic N) is 1. The molecule has 134 valence electrons. The molecule has 0 saturated carbocycles. The normalized spacial score (nSPS) is 15.2. The van der Waals surface area contributed by atoms with Crippen LogP contribution in [0.1, 0.15) is 36.2 Å². The summed E-state index contributed by atoms with van der Waals surface area (Å²) in [7, 11) is 1.54. The first kappa shape index (κ1) is 17.5. The van der Waals surface area contributed by atoms with Gasteiger partial charge in [-0.25, -0.2) is 0 Å². The molecule has 0 radical (unpaired) electrons. The van der Waals surface area contributed by atoms with Gasteiger partial charge in [-0.1, -0.05) is 6.42 Å². The molecule has 0 spiro atoms. The molecule has 2 heterocycles. The zero-order valence-electron chi connectivity index (χ0n) is 14.5. The Bertz CT molecular complexity index is 794. The molecule has 3 rings (SSSR count). The summed E-state index contributed by atoms with van der Waals surface area (Å²) < 4.78 is 10.7. The summed E-state index contributed by atoms with van der Waals surface area (Å²) in [6, 6.07) is 6.19. The predicted octanol–water partition coefficient (Wildman–Crippen LogP) is 2.41. The highest BCUT2D eigenvalue weighted by Gasteiger charge is 2.13. The third-order valence-corrected chi connectivity index (χ3v) is 4.55. The summed E-state index contributed by atoms with van der Waals surface area (Å²) in [5.74, 6) is 0.249. The molecule has 1 N–H and O–H groups in total. The average Bonchev–Trinajstić information content (AvgIpc) is 2.65. The van der Waals surface area contributed by atoms with E-state index in [4.69, 9.17) is 9.15 Å². The maximum absolute atomic E-state index is 12.3. The van der Waals surface area contributed by atoms with Gasteiger partial charge in [0.1, 0.15) is 11.3 Å². The number of carbonyl (C=O) groups is 1. The minimum atomic E-state index is -0.361. The number of nitrogens with one attached hydrogen (secondary N) is 1. The molecule has 1 amide bonds. The molecular formula is C19H24N2O4. The minimum absolute atomic E-state index is 0.0312. The molecule has 1 aliphatic heterocycles. The topological polar surface area (TPSA) is 71.8 Å². The number of benzene rings is 1. The Morgan fingerprint density at radius 1 is 1.24 bits per heavy atom. The summed E-state index contributed by atoms with van der Waals surface area (Å²) in [5.41, 5.74) is 0.118. The van der Waals surface area contributed by atoms with E-state index in [2.05, 4.69) is 10.2 Å². The van der Waals surface area contributed by atoms with Crippen LogP contribution in [0.25, 0.3) is 11.0 Å². The van der Waals surface area contributed by atoms with E-state index in [0.29, 0.717) is 23.3 Å². The van der Waals surface area contributed by atoms with Crippen LogP contribution in [0.4, 0.5) is 0 Å². The quantitative estimate of drug-likeness (QED) is 0.815. The lowest BCUT2D eigenvalue weighted by atomic mass is 10.1. The monoisotopic (exact) mass is 344 g/mol. The van der Waals surface area contributed by atoms with Crippen molar-refractivity contribution in [3.8, 4) is 5.75 Å². The second kappa shape index (κ2) is 8.16. The fraction of sp³-hybridized carbons (Fsp3) is 0.474. The largest absolute Gasteiger partial charge is 0.497 e. The maximum atomic E-state index is 12.3. The van der Waals surface area contributed by atoms with Crippen molar-refractivity contribution in [3.63, 3.8) is 0 Å². The summed E-state index contributed by atoms with van der Waals surface area (Å²) in [4.78, 5) is 26.8. The Kier molecular flexibility index (Phi) is 5.71. The van der Waals surface area contributed by atoms with Gasteiger partial charge in [-0.15, -0.1) is 0 Å². The van der Waals surface area contributed by atoms with Gasteiger partial charge in [0.15, 0.2) is 11.2 Å². The van der Waals surface area contributed by atoms with Gasteiger partial charge >= 0.3 is 0 Å². The van der Waals surface area contributed by atoms with Crippen LogP contribution >= 0.6 is 0 Å². The van der Waals surface area contributed by atoms with Crippen molar-refractivity contribution in [2.45, 2.75) is 25.7 Å². The van der Waals surface area contributed by atoms with Gasteiger partial charge in [-0.3, -0.25) is 9.59 Å². The highest BCUT2D eigenvalue weighted by molar-refractivity contribution is 5.93. The number of likely N-dealkylation sites (tertiary alicyclic amines) is 1.